The fraction of sp³-hybridized carbons (Fsp3) is 0. The van der Waals surface area contributed by atoms with Crippen molar-refractivity contribution < 1.29 is 12.7 Å². The van der Waals surface area contributed by atoms with E-state index in [1.54, 1.807) is 60.7 Å². The van der Waals surface area contributed by atoms with Crippen LogP contribution in [0.2, 0.25) is 0 Å². The molecular weight excluding hydrogens is 280 g/mol. The maximum absolute atomic E-state index is 11.4. The van der Waals surface area contributed by atoms with E-state index >= 15 is 0 Å². The molecule has 2 aromatic carbocycles. The van der Waals surface area contributed by atoms with E-state index in [1.807, 2.05) is 0 Å². The average molecular weight is 290 g/mol. The van der Waals surface area contributed by atoms with Crippen molar-refractivity contribution in [3.05, 3.63) is 60.7 Å². The molecule has 7 nitrogen and oxygen atoms in total. The Hall–Kier alpha value is -2.61. The highest BCUT2D eigenvalue weighted by molar-refractivity contribution is 7.85. The Bertz CT molecular complexity index is 700. The monoisotopic (exact) mass is 290 g/mol. The average Bonchev–Trinajstić information content (AvgIpc) is 2.47. The van der Waals surface area contributed by atoms with Crippen molar-refractivity contribution in [1.29, 1.82) is 0 Å². The van der Waals surface area contributed by atoms with Gasteiger partial charge in [0, 0.05) is 5.28 Å². The summed E-state index contributed by atoms with van der Waals surface area (Å²) in [5.41, 5.74) is 0.849. The van der Waals surface area contributed by atoms with Crippen LogP contribution in [0.25, 0.3) is 0 Å². The molecule has 0 bridgehead atoms. The van der Waals surface area contributed by atoms with Gasteiger partial charge in [0.2, 0.25) is 0 Å². The lowest BCUT2D eigenvalue weighted by Crippen LogP contribution is -1.94. The van der Waals surface area contributed by atoms with Gasteiger partial charge in [-0.3, -0.25) is 0 Å². The molecule has 0 aliphatic carbocycles. The molecule has 0 radical (unpaired) electrons. The zero-order valence-electron chi connectivity index (χ0n) is 10.2. The third kappa shape index (κ3) is 4.58. The highest BCUT2D eigenvalue weighted by Crippen LogP contribution is 2.14. The lowest BCUT2D eigenvalue weighted by Gasteiger charge is -1.93. The number of rotatable bonds is 5. The van der Waals surface area contributed by atoms with Gasteiger partial charge in [0.25, 0.3) is 0 Å². The molecule has 0 saturated carbocycles. The lowest BCUT2D eigenvalue weighted by atomic mass is 10.3. The van der Waals surface area contributed by atoms with Gasteiger partial charge < -0.3 is 0 Å². The molecule has 20 heavy (non-hydrogen) atoms. The topological polar surface area (TPSA) is 92.8 Å². The van der Waals surface area contributed by atoms with Crippen LogP contribution in [-0.4, -0.2) is 8.42 Å². The Labute approximate surface area is 115 Å². The van der Waals surface area contributed by atoms with Crippen LogP contribution in [0.15, 0.2) is 80.7 Å². The first-order chi connectivity index (χ1) is 9.66. The van der Waals surface area contributed by atoms with Gasteiger partial charge in [0.15, 0.2) is 0 Å². The largest absolute Gasteiger partial charge is 0.467 e. The van der Waals surface area contributed by atoms with E-state index in [1.165, 1.54) is 0 Å². The van der Waals surface area contributed by atoms with Gasteiger partial charge in [0.05, 0.1) is 11.4 Å². The van der Waals surface area contributed by atoms with Crippen LogP contribution in [0.3, 0.4) is 0 Å². The molecule has 0 saturated heterocycles. The van der Waals surface area contributed by atoms with Crippen molar-refractivity contribution in [3.63, 3.8) is 0 Å². The molecule has 0 atom stereocenters. The Balaban J connectivity index is 1.98. The number of hydrogen-bond donors (Lipinski definition) is 0. The van der Waals surface area contributed by atoms with Crippen LogP contribution < -0.4 is 0 Å². The number of nitrogens with zero attached hydrogens (tertiary/aromatic N) is 4. The summed E-state index contributed by atoms with van der Waals surface area (Å²) < 4.78 is 30.0. The van der Waals surface area contributed by atoms with Crippen LogP contribution >= 0.6 is 0 Å². The van der Waals surface area contributed by atoms with Crippen LogP contribution in [0.5, 0.6) is 0 Å². The van der Waals surface area contributed by atoms with E-state index in [0.29, 0.717) is 11.4 Å². The molecule has 102 valence electrons. The molecule has 0 aliphatic rings. The zero-order chi connectivity index (χ0) is 14.3. The molecular formula is C12H10N4O3S. The van der Waals surface area contributed by atoms with Crippen molar-refractivity contribution >= 4 is 21.7 Å². The van der Waals surface area contributed by atoms with Gasteiger partial charge in [-0.15, -0.1) is 10.2 Å². The van der Waals surface area contributed by atoms with E-state index in [0.717, 1.165) is 0 Å². The Kier molecular flexibility index (Phi) is 4.51. The molecule has 0 N–H and O–H groups in total. The van der Waals surface area contributed by atoms with Crippen molar-refractivity contribution in [2.75, 3.05) is 0 Å². The highest BCUT2D eigenvalue weighted by Gasteiger charge is 2.08. The summed E-state index contributed by atoms with van der Waals surface area (Å²) in [4.78, 5) is 0. The maximum Gasteiger partial charge on any atom is 0.467 e. The van der Waals surface area contributed by atoms with Gasteiger partial charge in [-0.2, -0.15) is 8.42 Å². The van der Waals surface area contributed by atoms with Crippen molar-refractivity contribution in [1.82, 2.24) is 0 Å². The lowest BCUT2D eigenvalue weighted by molar-refractivity contribution is 0.313. The molecule has 0 heterocycles. The highest BCUT2D eigenvalue weighted by atomic mass is 32.2. The van der Waals surface area contributed by atoms with Crippen molar-refractivity contribution in [3.8, 4) is 0 Å². The third-order valence-corrected chi connectivity index (χ3v) is 2.59. The zero-order valence-corrected chi connectivity index (χ0v) is 11.0. The fourth-order valence-corrected chi connectivity index (χ4v) is 1.55. The summed E-state index contributed by atoms with van der Waals surface area (Å²) in [6.07, 6.45) is 0. The molecule has 0 unspecified atom stereocenters. The smallest absolute Gasteiger partial charge is 0.229 e. The fourth-order valence-electron chi connectivity index (χ4n) is 1.21. The summed E-state index contributed by atoms with van der Waals surface area (Å²) in [5.74, 6) is 0. The summed E-state index contributed by atoms with van der Waals surface area (Å²) in [6, 6.07) is 16.9. The van der Waals surface area contributed by atoms with Crippen LogP contribution in [0, 0.1) is 0 Å². The predicted octanol–water partition coefficient (Wildman–Crippen LogP) is 3.73. The summed E-state index contributed by atoms with van der Waals surface area (Å²) in [6.45, 7) is 0. The second-order valence-corrected chi connectivity index (χ2v) is 4.70. The van der Waals surface area contributed by atoms with E-state index < -0.39 is 10.3 Å². The second-order valence-electron chi connectivity index (χ2n) is 3.54. The first kappa shape index (κ1) is 13.8. The molecule has 2 aromatic rings. The quantitative estimate of drug-likeness (QED) is 0.620. The van der Waals surface area contributed by atoms with E-state index in [2.05, 4.69) is 24.3 Å². The maximum atomic E-state index is 11.4. The van der Waals surface area contributed by atoms with Gasteiger partial charge in [-0.1, -0.05) is 36.4 Å². The minimum absolute atomic E-state index is 0.389. The van der Waals surface area contributed by atoms with E-state index in [4.69, 9.17) is 0 Å². The van der Waals surface area contributed by atoms with Crippen LogP contribution in [0.4, 0.5) is 11.4 Å². The Morgan fingerprint density at radius 2 is 1.25 bits per heavy atom. The van der Waals surface area contributed by atoms with Crippen LogP contribution in [0.1, 0.15) is 0 Å². The molecule has 0 aromatic heterocycles. The van der Waals surface area contributed by atoms with Gasteiger partial charge in [0.1, 0.15) is 0 Å². The van der Waals surface area contributed by atoms with Crippen molar-refractivity contribution in [2.45, 2.75) is 0 Å². The first-order valence-electron chi connectivity index (χ1n) is 5.53. The molecule has 0 aliphatic heterocycles. The van der Waals surface area contributed by atoms with Crippen molar-refractivity contribution in [2.24, 2.45) is 20.0 Å². The van der Waals surface area contributed by atoms with E-state index in [-0.39, 0.29) is 0 Å². The van der Waals surface area contributed by atoms with E-state index in [9.17, 15) is 8.42 Å². The summed E-state index contributed by atoms with van der Waals surface area (Å²) in [7, 11) is -4.25. The normalized spacial score (nSPS) is 12.0. The summed E-state index contributed by atoms with van der Waals surface area (Å²) >= 11 is 0. The minimum atomic E-state index is -4.25. The number of hydrogen-bond acceptors (Lipinski definition) is 6. The van der Waals surface area contributed by atoms with Gasteiger partial charge in [-0.25, -0.2) is 4.28 Å². The standard InChI is InChI=1S/C12H10N4O3S/c17-20(18,16-14-12-9-5-2-6-10-12)19-15-13-11-7-3-1-4-8-11/h1-10H. The molecule has 0 fully saturated rings. The van der Waals surface area contributed by atoms with Gasteiger partial charge >= 0.3 is 10.3 Å². The molecule has 8 heteroatoms. The summed E-state index contributed by atoms with van der Waals surface area (Å²) in [5, 5.41) is 10.2. The Morgan fingerprint density at radius 3 is 1.80 bits per heavy atom. The first-order valence-corrected chi connectivity index (χ1v) is 6.90. The molecule has 0 spiro atoms. The Morgan fingerprint density at radius 1 is 0.750 bits per heavy atom. The predicted molar refractivity (Wildman–Crippen MR) is 71.9 cm³/mol. The SMILES string of the molecule is O=S(=O)(N=Nc1ccccc1)ON=Nc1ccccc1. The van der Waals surface area contributed by atoms with Crippen LogP contribution in [-0.2, 0) is 14.6 Å². The van der Waals surface area contributed by atoms with Gasteiger partial charge in [-0.05, 0) is 28.8 Å². The molecule has 0 amide bonds. The third-order valence-electron chi connectivity index (χ3n) is 2.05. The molecule has 2 rings (SSSR count). The minimum Gasteiger partial charge on any atom is -0.229 e. The second kappa shape index (κ2) is 6.53. The number of benzene rings is 2.